The van der Waals surface area contributed by atoms with Gasteiger partial charge < -0.3 is 5.11 Å². The van der Waals surface area contributed by atoms with Crippen molar-refractivity contribution in [3.05, 3.63) is 35.6 Å². The molecule has 1 aromatic rings. The van der Waals surface area contributed by atoms with Crippen LogP contribution in [-0.2, 0) is 11.2 Å². The number of hydrogen-bond donors (Lipinski definition) is 1. The molecule has 2 atom stereocenters. The molecule has 1 aliphatic rings. The number of halogens is 1. The summed E-state index contributed by atoms with van der Waals surface area (Å²) in [6.07, 6.45) is 3.96. The standard InChI is InChI=1S/C17H24FNO2/c1-3-9-17(16(20)21)10-4-11-19(17)13(2)12-14-5-7-15(18)8-6-14/h5-8,13H,3-4,9-12H2,1-2H3,(H,20,21). The summed E-state index contributed by atoms with van der Waals surface area (Å²) < 4.78 is 13.0. The molecule has 1 N–H and O–H groups in total. The maximum Gasteiger partial charge on any atom is 0.324 e. The predicted octanol–water partition coefficient (Wildman–Crippen LogP) is 3.48. The van der Waals surface area contributed by atoms with Gasteiger partial charge in [0, 0.05) is 6.04 Å². The van der Waals surface area contributed by atoms with E-state index in [2.05, 4.69) is 11.8 Å². The molecule has 0 bridgehead atoms. The first kappa shape index (κ1) is 16.0. The normalized spacial score (nSPS) is 24.1. The Balaban J connectivity index is 2.14. The molecule has 1 aromatic carbocycles. The van der Waals surface area contributed by atoms with Crippen molar-refractivity contribution < 1.29 is 14.3 Å². The lowest BCUT2D eigenvalue weighted by Crippen LogP contribution is -2.54. The molecule has 0 amide bonds. The van der Waals surface area contributed by atoms with Crippen LogP contribution in [0.15, 0.2) is 24.3 Å². The minimum Gasteiger partial charge on any atom is -0.480 e. The zero-order valence-corrected chi connectivity index (χ0v) is 12.8. The number of carboxylic acid groups (broad SMARTS) is 1. The molecule has 0 saturated carbocycles. The van der Waals surface area contributed by atoms with Gasteiger partial charge in [0.15, 0.2) is 0 Å². The van der Waals surface area contributed by atoms with Crippen molar-refractivity contribution in [1.29, 1.82) is 0 Å². The Morgan fingerprint density at radius 2 is 2.10 bits per heavy atom. The molecule has 0 spiro atoms. The van der Waals surface area contributed by atoms with Crippen molar-refractivity contribution in [3.8, 4) is 0 Å². The summed E-state index contributed by atoms with van der Waals surface area (Å²) in [5, 5.41) is 9.73. The van der Waals surface area contributed by atoms with E-state index in [1.165, 1.54) is 12.1 Å². The van der Waals surface area contributed by atoms with Crippen LogP contribution in [0.2, 0.25) is 0 Å². The van der Waals surface area contributed by atoms with E-state index in [-0.39, 0.29) is 11.9 Å². The van der Waals surface area contributed by atoms with Crippen LogP contribution >= 0.6 is 0 Å². The van der Waals surface area contributed by atoms with Gasteiger partial charge in [-0.25, -0.2) is 4.39 Å². The molecule has 21 heavy (non-hydrogen) atoms. The van der Waals surface area contributed by atoms with Crippen LogP contribution in [0.4, 0.5) is 4.39 Å². The van der Waals surface area contributed by atoms with Gasteiger partial charge in [-0.15, -0.1) is 0 Å². The molecule has 3 nitrogen and oxygen atoms in total. The SMILES string of the molecule is CCCC1(C(=O)O)CCCN1C(C)Cc1ccc(F)cc1. The second-order valence-electron chi connectivity index (χ2n) is 6.06. The highest BCUT2D eigenvalue weighted by Gasteiger charge is 2.48. The summed E-state index contributed by atoms with van der Waals surface area (Å²) in [6, 6.07) is 6.62. The van der Waals surface area contributed by atoms with Gasteiger partial charge >= 0.3 is 5.97 Å². The molecular formula is C17H24FNO2. The van der Waals surface area contributed by atoms with Crippen molar-refractivity contribution in [2.24, 2.45) is 0 Å². The van der Waals surface area contributed by atoms with Crippen molar-refractivity contribution in [2.75, 3.05) is 6.54 Å². The predicted molar refractivity (Wildman–Crippen MR) is 80.8 cm³/mol. The number of likely N-dealkylation sites (tertiary alicyclic amines) is 1. The van der Waals surface area contributed by atoms with Gasteiger partial charge in [-0.3, -0.25) is 9.69 Å². The molecule has 2 rings (SSSR count). The number of benzene rings is 1. The van der Waals surface area contributed by atoms with Gasteiger partial charge in [-0.05, 0) is 56.8 Å². The first-order chi connectivity index (χ1) is 9.99. The number of hydrogen-bond acceptors (Lipinski definition) is 2. The highest BCUT2D eigenvalue weighted by atomic mass is 19.1. The van der Waals surface area contributed by atoms with E-state index in [0.717, 1.165) is 37.8 Å². The number of aliphatic carboxylic acids is 1. The zero-order valence-electron chi connectivity index (χ0n) is 12.8. The number of rotatable bonds is 6. The molecule has 0 aromatic heterocycles. The fourth-order valence-corrected chi connectivity index (χ4v) is 3.63. The smallest absolute Gasteiger partial charge is 0.324 e. The number of carboxylic acids is 1. The zero-order chi connectivity index (χ0) is 15.5. The van der Waals surface area contributed by atoms with Crippen molar-refractivity contribution in [1.82, 2.24) is 4.90 Å². The van der Waals surface area contributed by atoms with E-state index < -0.39 is 11.5 Å². The lowest BCUT2D eigenvalue weighted by atomic mass is 9.89. The molecule has 1 saturated heterocycles. The maximum atomic E-state index is 13.0. The minimum atomic E-state index is -0.714. The second kappa shape index (κ2) is 6.56. The highest BCUT2D eigenvalue weighted by Crippen LogP contribution is 2.36. The Kier molecular flexibility index (Phi) is 4.99. The molecule has 1 heterocycles. The van der Waals surface area contributed by atoms with E-state index in [9.17, 15) is 14.3 Å². The number of nitrogens with zero attached hydrogens (tertiary/aromatic N) is 1. The Labute approximate surface area is 125 Å². The van der Waals surface area contributed by atoms with Crippen LogP contribution in [0.1, 0.15) is 45.1 Å². The van der Waals surface area contributed by atoms with Crippen LogP contribution in [0, 0.1) is 5.82 Å². The maximum absolute atomic E-state index is 13.0. The lowest BCUT2D eigenvalue weighted by molar-refractivity contribution is -0.151. The van der Waals surface area contributed by atoms with Gasteiger partial charge in [0.05, 0.1) is 0 Å². The van der Waals surface area contributed by atoms with E-state index in [0.29, 0.717) is 6.42 Å². The molecular weight excluding hydrogens is 269 g/mol. The largest absolute Gasteiger partial charge is 0.480 e. The fraction of sp³-hybridized carbons (Fsp3) is 0.588. The van der Waals surface area contributed by atoms with Crippen molar-refractivity contribution in [3.63, 3.8) is 0 Å². The molecule has 1 fully saturated rings. The van der Waals surface area contributed by atoms with E-state index >= 15 is 0 Å². The summed E-state index contributed by atoms with van der Waals surface area (Å²) in [7, 11) is 0. The van der Waals surface area contributed by atoms with Gasteiger partial charge in [0.1, 0.15) is 11.4 Å². The Bertz CT molecular complexity index is 488. The lowest BCUT2D eigenvalue weighted by Gasteiger charge is -2.39. The van der Waals surface area contributed by atoms with E-state index in [1.54, 1.807) is 12.1 Å². The van der Waals surface area contributed by atoms with Crippen LogP contribution in [0.25, 0.3) is 0 Å². The molecule has 4 heteroatoms. The highest BCUT2D eigenvalue weighted by molar-refractivity contribution is 5.79. The Morgan fingerprint density at radius 1 is 1.43 bits per heavy atom. The van der Waals surface area contributed by atoms with Gasteiger partial charge in [-0.1, -0.05) is 25.5 Å². The topological polar surface area (TPSA) is 40.5 Å². The third kappa shape index (κ3) is 3.26. The van der Waals surface area contributed by atoms with Gasteiger partial charge in [-0.2, -0.15) is 0 Å². The molecule has 0 radical (unpaired) electrons. The monoisotopic (exact) mass is 293 g/mol. The third-order valence-electron chi connectivity index (χ3n) is 4.58. The average Bonchev–Trinajstić information content (AvgIpc) is 2.87. The van der Waals surface area contributed by atoms with Crippen molar-refractivity contribution >= 4 is 5.97 Å². The molecule has 0 aliphatic carbocycles. The third-order valence-corrected chi connectivity index (χ3v) is 4.58. The van der Waals surface area contributed by atoms with Crippen LogP contribution in [0.5, 0.6) is 0 Å². The van der Waals surface area contributed by atoms with Crippen molar-refractivity contribution in [2.45, 2.75) is 57.5 Å². The summed E-state index contributed by atoms with van der Waals surface area (Å²) >= 11 is 0. The Morgan fingerprint density at radius 3 is 2.67 bits per heavy atom. The molecule has 2 unspecified atom stereocenters. The van der Waals surface area contributed by atoms with E-state index in [4.69, 9.17) is 0 Å². The summed E-state index contributed by atoms with van der Waals surface area (Å²) in [6.45, 7) is 4.93. The van der Waals surface area contributed by atoms with Crippen LogP contribution in [0.3, 0.4) is 0 Å². The Hall–Kier alpha value is -1.42. The van der Waals surface area contributed by atoms with Crippen LogP contribution in [-0.4, -0.2) is 34.1 Å². The van der Waals surface area contributed by atoms with Gasteiger partial charge in [0.25, 0.3) is 0 Å². The van der Waals surface area contributed by atoms with Gasteiger partial charge in [0.2, 0.25) is 0 Å². The molecule has 1 aliphatic heterocycles. The minimum absolute atomic E-state index is 0.139. The summed E-state index contributed by atoms with van der Waals surface area (Å²) in [5.41, 5.74) is 0.334. The quantitative estimate of drug-likeness (QED) is 0.873. The summed E-state index contributed by atoms with van der Waals surface area (Å²) in [4.78, 5) is 14.0. The first-order valence-corrected chi connectivity index (χ1v) is 7.74. The van der Waals surface area contributed by atoms with Crippen LogP contribution < -0.4 is 0 Å². The first-order valence-electron chi connectivity index (χ1n) is 7.74. The average molecular weight is 293 g/mol. The van der Waals surface area contributed by atoms with E-state index in [1.807, 2.05) is 6.92 Å². The second-order valence-corrected chi connectivity index (χ2v) is 6.06. The fourth-order valence-electron chi connectivity index (χ4n) is 3.63. The molecule has 116 valence electrons. The number of carbonyl (C=O) groups is 1. The summed E-state index contributed by atoms with van der Waals surface area (Å²) in [5.74, 6) is -0.939.